The van der Waals surface area contributed by atoms with Crippen LogP contribution in [0.25, 0.3) is 0 Å². The van der Waals surface area contributed by atoms with Gasteiger partial charge in [-0.1, -0.05) is 0 Å². The fourth-order valence-corrected chi connectivity index (χ4v) is 1.88. The van der Waals surface area contributed by atoms with E-state index >= 15 is 0 Å². The molecule has 0 saturated carbocycles. The summed E-state index contributed by atoms with van der Waals surface area (Å²) in [5.74, 6) is 0. The third-order valence-corrected chi connectivity index (χ3v) is 2.56. The first-order chi connectivity index (χ1) is 7.25. The molecule has 86 valence electrons. The van der Waals surface area contributed by atoms with E-state index in [1.165, 1.54) is 0 Å². The highest BCUT2D eigenvalue weighted by atomic mass is 32.2. The van der Waals surface area contributed by atoms with E-state index in [1.807, 2.05) is 0 Å². The zero-order chi connectivity index (χ0) is 12.5. The zero-order valence-electron chi connectivity index (χ0n) is 7.43. The van der Waals surface area contributed by atoms with Crippen LogP contribution < -0.4 is 0 Å². The van der Waals surface area contributed by atoms with Crippen molar-refractivity contribution in [3.63, 3.8) is 0 Å². The molecule has 0 aliphatic rings. The molecule has 0 radical (unpaired) electrons. The number of benzene rings is 1. The summed E-state index contributed by atoms with van der Waals surface area (Å²) < 4.78 is 30.4. The summed E-state index contributed by atoms with van der Waals surface area (Å²) in [5.41, 5.74) is -2.09. The van der Waals surface area contributed by atoms with E-state index in [2.05, 4.69) is 0 Å². The van der Waals surface area contributed by atoms with Crippen LogP contribution in [0.3, 0.4) is 0 Å². The summed E-state index contributed by atoms with van der Waals surface area (Å²) in [5, 5.41) is 20.9. The Morgan fingerprint density at radius 2 is 1.44 bits per heavy atom. The van der Waals surface area contributed by atoms with Crippen LogP contribution in [-0.4, -0.2) is 22.8 Å². The molecule has 0 aromatic heterocycles. The highest BCUT2D eigenvalue weighted by Gasteiger charge is 2.33. The third-order valence-electron chi connectivity index (χ3n) is 1.62. The van der Waals surface area contributed by atoms with Gasteiger partial charge in [0, 0.05) is 12.1 Å². The Morgan fingerprint density at radius 3 is 1.69 bits per heavy atom. The molecule has 0 heterocycles. The second-order valence-corrected chi connectivity index (χ2v) is 3.97. The fraction of sp³-hybridized carbons (Fsp3) is 0. The molecule has 1 aromatic rings. The second-order valence-electron chi connectivity index (χ2n) is 2.61. The molecular weight excluding hydrogens is 244 g/mol. The first-order valence-corrected chi connectivity index (χ1v) is 5.08. The van der Waals surface area contributed by atoms with E-state index < -0.39 is 36.2 Å². The first-order valence-electron chi connectivity index (χ1n) is 3.64. The Hall–Kier alpha value is -2.07. The molecule has 0 amide bonds. The van der Waals surface area contributed by atoms with Gasteiger partial charge >= 0.3 is 10.1 Å². The van der Waals surface area contributed by atoms with Crippen molar-refractivity contribution in [1.82, 2.24) is 0 Å². The highest BCUT2D eigenvalue weighted by Crippen LogP contribution is 2.32. The Morgan fingerprint density at radius 1 is 1.06 bits per heavy atom. The van der Waals surface area contributed by atoms with Crippen LogP contribution in [0, 0.1) is 20.2 Å². The van der Waals surface area contributed by atoms with Crippen LogP contribution in [0.2, 0.25) is 0 Å². The monoisotopic (exact) mass is 248 g/mol. The molecule has 10 heteroatoms. The Labute approximate surface area is 88.4 Å². The van der Waals surface area contributed by atoms with Gasteiger partial charge in [0.05, 0.1) is 9.85 Å². The summed E-state index contributed by atoms with van der Waals surface area (Å²) in [6.45, 7) is 0. The van der Waals surface area contributed by atoms with Crippen LogP contribution in [0.5, 0.6) is 0 Å². The van der Waals surface area contributed by atoms with Gasteiger partial charge in [0.2, 0.25) is 4.90 Å². The van der Waals surface area contributed by atoms with Crippen molar-refractivity contribution in [2.24, 2.45) is 0 Å². The predicted molar refractivity (Wildman–Crippen MR) is 49.6 cm³/mol. The maximum absolute atomic E-state index is 10.8. The van der Waals surface area contributed by atoms with Gasteiger partial charge in [0.15, 0.2) is 0 Å². The predicted octanol–water partition coefficient (Wildman–Crippen LogP) is 0.750. The smallest absolute Gasteiger partial charge is 0.281 e. The van der Waals surface area contributed by atoms with Gasteiger partial charge in [-0.3, -0.25) is 24.8 Å². The average molecular weight is 248 g/mol. The van der Waals surface area contributed by atoms with Gasteiger partial charge in [0.25, 0.3) is 11.4 Å². The molecule has 0 aliphatic heterocycles. The van der Waals surface area contributed by atoms with Crippen LogP contribution in [-0.2, 0) is 10.1 Å². The largest absolute Gasteiger partial charge is 0.308 e. The Bertz CT molecular complexity index is 532. The van der Waals surface area contributed by atoms with E-state index in [1.54, 1.807) is 0 Å². The molecule has 0 saturated heterocycles. The fourth-order valence-electron chi connectivity index (χ4n) is 1.06. The summed E-state index contributed by atoms with van der Waals surface area (Å²) in [6.07, 6.45) is 0. The zero-order valence-corrected chi connectivity index (χ0v) is 8.25. The van der Waals surface area contributed by atoms with Gasteiger partial charge in [0.1, 0.15) is 0 Å². The summed E-state index contributed by atoms with van der Waals surface area (Å²) >= 11 is 0. The van der Waals surface area contributed by atoms with Gasteiger partial charge in [-0.05, 0) is 6.07 Å². The lowest BCUT2D eigenvalue weighted by Gasteiger charge is -2.00. The van der Waals surface area contributed by atoms with Crippen LogP contribution in [0.15, 0.2) is 23.1 Å². The summed E-state index contributed by atoms with van der Waals surface area (Å²) in [7, 11) is -5.04. The van der Waals surface area contributed by atoms with Crippen molar-refractivity contribution >= 4 is 21.5 Å². The Kier molecular flexibility index (Phi) is 2.87. The lowest BCUT2D eigenvalue weighted by Crippen LogP contribution is -2.07. The minimum atomic E-state index is -5.04. The van der Waals surface area contributed by atoms with Crippen molar-refractivity contribution in [2.45, 2.75) is 4.90 Å². The van der Waals surface area contributed by atoms with Crippen molar-refractivity contribution in [2.75, 3.05) is 0 Å². The minimum Gasteiger partial charge on any atom is -0.281 e. The first kappa shape index (κ1) is 12.0. The third kappa shape index (κ3) is 2.12. The van der Waals surface area contributed by atoms with Gasteiger partial charge in [-0.15, -0.1) is 0 Å². The standard InChI is InChI=1S/C6H4N2O7S/c9-7(10)4-2-1-3-5(8(11)12)6(4)16(13,14)15/h1-3H,(H,13,14,15). The second kappa shape index (κ2) is 3.83. The molecule has 1 aromatic carbocycles. The minimum absolute atomic E-state index is 0.746. The molecular formula is C6H4N2O7S. The number of nitrogens with zero attached hydrogens (tertiary/aromatic N) is 2. The summed E-state index contributed by atoms with van der Waals surface area (Å²) in [4.78, 5) is 17.3. The van der Waals surface area contributed by atoms with Crippen molar-refractivity contribution in [3.8, 4) is 0 Å². The van der Waals surface area contributed by atoms with Crippen molar-refractivity contribution in [3.05, 3.63) is 38.4 Å². The van der Waals surface area contributed by atoms with Gasteiger partial charge < -0.3 is 0 Å². The summed E-state index contributed by atoms with van der Waals surface area (Å²) in [6, 6.07) is 2.44. The molecule has 1 rings (SSSR count). The maximum atomic E-state index is 10.8. The normalized spacial score (nSPS) is 11.1. The Balaban J connectivity index is 3.75. The topological polar surface area (TPSA) is 141 Å². The quantitative estimate of drug-likeness (QED) is 0.472. The lowest BCUT2D eigenvalue weighted by atomic mass is 10.3. The SMILES string of the molecule is O=[N+]([O-])c1cccc([N+](=O)[O-])c1S(=O)(=O)O. The molecule has 0 atom stereocenters. The number of rotatable bonds is 3. The maximum Gasteiger partial charge on any atom is 0.308 e. The highest BCUT2D eigenvalue weighted by molar-refractivity contribution is 7.86. The van der Waals surface area contributed by atoms with Crippen LogP contribution in [0.4, 0.5) is 11.4 Å². The van der Waals surface area contributed by atoms with Crippen molar-refractivity contribution < 1.29 is 22.8 Å². The van der Waals surface area contributed by atoms with E-state index in [-0.39, 0.29) is 0 Å². The van der Waals surface area contributed by atoms with Gasteiger partial charge in [-0.2, -0.15) is 8.42 Å². The molecule has 0 unspecified atom stereocenters. The molecule has 16 heavy (non-hydrogen) atoms. The molecule has 0 fully saturated rings. The molecule has 1 N–H and O–H groups in total. The number of hydrogen-bond acceptors (Lipinski definition) is 6. The molecule has 0 spiro atoms. The van der Waals surface area contributed by atoms with Crippen LogP contribution in [0.1, 0.15) is 0 Å². The van der Waals surface area contributed by atoms with E-state index in [0.29, 0.717) is 0 Å². The van der Waals surface area contributed by atoms with E-state index in [0.717, 1.165) is 18.2 Å². The molecule has 9 nitrogen and oxygen atoms in total. The van der Waals surface area contributed by atoms with Gasteiger partial charge in [-0.25, -0.2) is 0 Å². The molecule has 0 aliphatic carbocycles. The van der Waals surface area contributed by atoms with Crippen molar-refractivity contribution in [1.29, 1.82) is 0 Å². The lowest BCUT2D eigenvalue weighted by molar-refractivity contribution is -0.399. The molecule has 0 bridgehead atoms. The number of hydrogen-bond donors (Lipinski definition) is 1. The van der Waals surface area contributed by atoms with E-state index in [4.69, 9.17) is 4.55 Å². The average Bonchev–Trinajstić information content (AvgIpc) is 2.15. The number of nitro groups is 2. The van der Waals surface area contributed by atoms with Crippen LogP contribution >= 0.6 is 0 Å². The number of nitro benzene ring substituents is 2. The van der Waals surface area contributed by atoms with E-state index in [9.17, 15) is 28.6 Å².